The van der Waals surface area contributed by atoms with Crippen LogP contribution >= 0.6 is 15.9 Å². The summed E-state index contributed by atoms with van der Waals surface area (Å²) in [5.74, 6) is 0.340. The van der Waals surface area contributed by atoms with Gasteiger partial charge in [-0.2, -0.15) is 0 Å². The number of carbonyl (C=O) groups is 1. The number of halogens is 1. The van der Waals surface area contributed by atoms with E-state index in [1.807, 2.05) is 0 Å². The molecule has 0 aromatic carbocycles. The van der Waals surface area contributed by atoms with Gasteiger partial charge in [0.2, 0.25) is 0 Å². The first kappa shape index (κ1) is 19.9. The summed E-state index contributed by atoms with van der Waals surface area (Å²) in [4.78, 5) is 12.5. The molecule has 0 fully saturated rings. The molecule has 22 heavy (non-hydrogen) atoms. The van der Waals surface area contributed by atoms with Crippen molar-refractivity contribution in [1.82, 2.24) is 0 Å². The van der Waals surface area contributed by atoms with Crippen molar-refractivity contribution in [2.75, 3.05) is 6.61 Å². The van der Waals surface area contributed by atoms with Gasteiger partial charge in [0, 0.05) is 6.42 Å². The van der Waals surface area contributed by atoms with Gasteiger partial charge in [-0.25, -0.2) is 4.79 Å². The van der Waals surface area contributed by atoms with Crippen LogP contribution in [0.3, 0.4) is 0 Å². The molecule has 0 saturated carbocycles. The molecule has 1 rings (SSSR count). The Balaban J connectivity index is 2.95. The van der Waals surface area contributed by atoms with Gasteiger partial charge in [0.25, 0.3) is 0 Å². The van der Waals surface area contributed by atoms with E-state index in [0.717, 1.165) is 30.9 Å². The predicted molar refractivity (Wildman–Crippen MR) is 97.9 cm³/mol. The highest BCUT2D eigenvalue weighted by Crippen LogP contribution is 2.37. The molecule has 0 aromatic heterocycles. The highest BCUT2D eigenvalue weighted by molar-refractivity contribution is 9.11. The summed E-state index contributed by atoms with van der Waals surface area (Å²) < 4.78 is 12.8. The van der Waals surface area contributed by atoms with E-state index >= 15 is 0 Å². The summed E-state index contributed by atoms with van der Waals surface area (Å²) in [6.45, 7) is 13.7. The molecule has 1 aliphatic rings. The van der Waals surface area contributed by atoms with Crippen LogP contribution in [0.4, 0.5) is 0 Å². The second-order valence-corrected chi connectivity index (χ2v) is 13.6. The van der Waals surface area contributed by atoms with Crippen molar-refractivity contribution in [2.45, 2.75) is 78.3 Å². The highest BCUT2D eigenvalue weighted by Gasteiger charge is 2.40. The lowest BCUT2D eigenvalue weighted by atomic mass is 10.0. The zero-order valence-corrected chi connectivity index (χ0v) is 17.5. The lowest BCUT2D eigenvalue weighted by Crippen LogP contribution is -2.45. The second kappa shape index (κ2) is 8.64. The summed E-state index contributed by atoms with van der Waals surface area (Å²) in [7, 11) is -1.66. The fourth-order valence-corrected chi connectivity index (χ4v) is 7.03. The monoisotopic (exact) mass is 390 g/mol. The number of rotatable bonds is 7. The number of carbonyl (C=O) groups excluding carboxylic acids is 1. The number of esters is 1. The fourth-order valence-electron chi connectivity index (χ4n) is 2.79. The smallest absolute Gasteiger partial charge is 0.339 e. The average Bonchev–Trinajstić information content (AvgIpc) is 2.35. The zero-order valence-electron chi connectivity index (χ0n) is 14.9. The minimum Gasteiger partial charge on any atom is -0.464 e. The Labute approximate surface area is 145 Å². The molecule has 0 radical (unpaired) electrons. The maximum Gasteiger partial charge on any atom is 0.339 e. The minimum absolute atomic E-state index is 0.0956. The Hall–Kier alpha value is -0.133. The van der Waals surface area contributed by atoms with Crippen molar-refractivity contribution >= 4 is 30.0 Å². The molecular formula is C17H31BrO3Si. The van der Waals surface area contributed by atoms with Crippen molar-refractivity contribution in [3.8, 4) is 0 Å². The zero-order chi connectivity index (χ0) is 16.9. The molecular weight excluding hydrogens is 360 g/mol. The topological polar surface area (TPSA) is 35.5 Å². The van der Waals surface area contributed by atoms with Crippen LogP contribution in [0.15, 0.2) is 9.68 Å². The van der Waals surface area contributed by atoms with Crippen LogP contribution in [-0.4, -0.2) is 32.9 Å². The molecule has 0 bridgehead atoms. The first-order valence-corrected chi connectivity index (χ1v) is 12.7. The lowest BCUT2D eigenvalue weighted by Gasteiger charge is -2.37. The average molecular weight is 391 g/mol. The third-order valence-electron chi connectivity index (χ3n) is 3.79. The highest BCUT2D eigenvalue weighted by atomic mass is 79.9. The number of hydrogen-bond donors (Lipinski definition) is 0. The third-order valence-corrected chi connectivity index (χ3v) is 7.09. The van der Waals surface area contributed by atoms with E-state index in [2.05, 4.69) is 56.3 Å². The van der Waals surface area contributed by atoms with Gasteiger partial charge in [-0.3, -0.25) is 0 Å². The third kappa shape index (κ3) is 5.82. The Morgan fingerprint density at radius 1 is 1.41 bits per heavy atom. The summed E-state index contributed by atoms with van der Waals surface area (Å²) in [6, 6.07) is 0. The van der Waals surface area contributed by atoms with Gasteiger partial charge in [0.15, 0.2) is 6.10 Å². The molecule has 1 heterocycles. The molecule has 0 aromatic rings. The van der Waals surface area contributed by atoms with Gasteiger partial charge in [0.05, 0.1) is 20.8 Å². The molecule has 0 spiro atoms. The van der Waals surface area contributed by atoms with E-state index in [0.29, 0.717) is 12.5 Å². The SMILES string of the molecule is CCCCOC(=O)[C@H]1O[C@H](CC(C)C)CC(Br)=C1[Si](C)(C)C. The van der Waals surface area contributed by atoms with Crippen molar-refractivity contribution in [2.24, 2.45) is 5.92 Å². The van der Waals surface area contributed by atoms with Crippen LogP contribution in [0.2, 0.25) is 19.6 Å². The number of unbranched alkanes of at least 4 members (excludes halogenated alkanes) is 1. The van der Waals surface area contributed by atoms with Gasteiger partial charge < -0.3 is 9.47 Å². The van der Waals surface area contributed by atoms with Crippen molar-refractivity contribution in [1.29, 1.82) is 0 Å². The second-order valence-electron chi connectivity index (χ2n) is 7.56. The number of ether oxygens (including phenoxy) is 2. The van der Waals surface area contributed by atoms with Crippen LogP contribution in [0.5, 0.6) is 0 Å². The van der Waals surface area contributed by atoms with Crippen LogP contribution < -0.4 is 0 Å². The van der Waals surface area contributed by atoms with Crippen molar-refractivity contribution < 1.29 is 14.3 Å². The van der Waals surface area contributed by atoms with Crippen LogP contribution in [0.25, 0.3) is 0 Å². The molecule has 5 heteroatoms. The summed E-state index contributed by atoms with van der Waals surface area (Å²) in [5, 5.41) is 1.16. The molecule has 1 aliphatic heterocycles. The molecule has 2 atom stereocenters. The Bertz CT molecular complexity index is 413. The van der Waals surface area contributed by atoms with Crippen molar-refractivity contribution in [3.63, 3.8) is 0 Å². The molecule has 0 unspecified atom stereocenters. The fraction of sp³-hybridized carbons (Fsp3) is 0.824. The van der Waals surface area contributed by atoms with Crippen molar-refractivity contribution in [3.05, 3.63) is 9.68 Å². The summed E-state index contributed by atoms with van der Waals surface area (Å²) in [5.41, 5.74) is 0. The summed E-state index contributed by atoms with van der Waals surface area (Å²) >= 11 is 3.74. The van der Waals surface area contributed by atoms with Crippen LogP contribution in [0, 0.1) is 5.92 Å². The molecule has 0 aliphatic carbocycles. The standard InChI is InChI=1S/C17H31BrO3Si/c1-7-8-9-20-17(19)15-16(22(4,5)6)14(18)11-13(21-15)10-12(2)3/h12-13,15H,7-11H2,1-6H3/t13-,15+/m1/s1. The minimum atomic E-state index is -1.66. The normalized spacial score (nSPS) is 23.1. The maximum atomic E-state index is 12.5. The van der Waals surface area contributed by atoms with Gasteiger partial charge >= 0.3 is 5.97 Å². The van der Waals surface area contributed by atoms with Gasteiger partial charge in [-0.15, -0.1) is 0 Å². The van der Waals surface area contributed by atoms with Crippen LogP contribution in [0.1, 0.15) is 46.5 Å². The van der Waals surface area contributed by atoms with Gasteiger partial charge in [-0.05, 0) is 28.4 Å². The molecule has 0 N–H and O–H groups in total. The predicted octanol–water partition coefficient (Wildman–Crippen LogP) is 5.06. The first-order valence-electron chi connectivity index (χ1n) is 8.37. The summed E-state index contributed by atoms with van der Waals surface area (Å²) in [6.07, 6.45) is 3.34. The van der Waals surface area contributed by atoms with E-state index < -0.39 is 14.2 Å². The Morgan fingerprint density at radius 3 is 2.55 bits per heavy atom. The van der Waals surface area contributed by atoms with Gasteiger partial charge in [0.1, 0.15) is 0 Å². The van der Waals surface area contributed by atoms with Crippen LogP contribution in [-0.2, 0) is 14.3 Å². The van der Waals surface area contributed by atoms with Gasteiger partial charge in [-0.1, -0.05) is 62.8 Å². The van der Waals surface area contributed by atoms with E-state index in [-0.39, 0.29) is 12.1 Å². The molecule has 3 nitrogen and oxygen atoms in total. The maximum absolute atomic E-state index is 12.5. The van der Waals surface area contributed by atoms with E-state index in [4.69, 9.17) is 9.47 Å². The molecule has 128 valence electrons. The quantitative estimate of drug-likeness (QED) is 0.346. The first-order chi connectivity index (χ1) is 10.2. The number of hydrogen-bond acceptors (Lipinski definition) is 3. The van der Waals surface area contributed by atoms with E-state index in [1.54, 1.807) is 0 Å². The Morgan fingerprint density at radius 2 is 2.05 bits per heavy atom. The largest absolute Gasteiger partial charge is 0.464 e. The molecule has 0 saturated heterocycles. The van der Waals surface area contributed by atoms with E-state index in [1.165, 1.54) is 4.48 Å². The lowest BCUT2D eigenvalue weighted by molar-refractivity contribution is -0.159. The Kier molecular flexibility index (Phi) is 7.82. The molecule has 0 amide bonds. The van der Waals surface area contributed by atoms with E-state index in [9.17, 15) is 4.79 Å².